The van der Waals surface area contributed by atoms with Crippen LogP contribution >= 0.6 is 0 Å². The number of aromatic amines is 1. The van der Waals surface area contributed by atoms with E-state index in [2.05, 4.69) is 9.97 Å². The first-order valence-electron chi connectivity index (χ1n) is 3.11. The van der Waals surface area contributed by atoms with Crippen molar-refractivity contribution in [3.05, 3.63) is 23.8 Å². The molecule has 58 valence electrons. The van der Waals surface area contributed by atoms with Gasteiger partial charge < -0.3 is 10.1 Å². The Morgan fingerprint density at radius 3 is 3.00 bits per heavy atom. The predicted octanol–water partition coefficient (Wildman–Crippen LogP) is 0.816. The molecule has 0 aliphatic rings. The third-order valence-corrected chi connectivity index (χ3v) is 1.11. The van der Waals surface area contributed by atoms with Gasteiger partial charge in [0.25, 0.3) is 0 Å². The van der Waals surface area contributed by atoms with Gasteiger partial charge in [-0.05, 0) is 13.0 Å². The van der Waals surface area contributed by atoms with E-state index in [9.17, 15) is 4.79 Å². The average Bonchev–Trinajstić information content (AvgIpc) is 2.31. The average molecular weight is 152 g/mol. The summed E-state index contributed by atoms with van der Waals surface area (Å²) in [6.45, 7) is 1.85. The third kappa shape index (κ3) is 2.25. The van der Waals surface area contributed by atoms with Crippen molar-refractivity contribution < 1.29 is 9.90 Å². The van der Waals surface area contributed by atoms with Crippen LogP contribution in [0.15, 0.2) is 12.3 Å². The fraction of sp³-hybridized carbons (Fsp3) is 0.143. The zero-order valence-electron chi connectivity index (χ0n) is 6.03. The van der Waals surface area contributed by atoms with E-state index in [4.69, 9.17) is 5.11 Å². The zero-order valence-corrected chi connectivity index (χ0v) is 6.03. The summed E-state index contributed by atoms with van der Waals surface area (Å²) in [5.41, 5.74) is 0.912. The number of aromatic nitrogens is 2. The highest BCUT2D eigenvalue weighted by atomic mass is 16.4. The molecule has 0 radical (unpaired) electrons. The molecule has 0 saturated heterocycles. The molecule has 1 rings (SSSR count). The van der Waals surface area contributed by atoms with Gasteiger partial charge in [0, 0.05) is 18.0 Å². The van der Waals surface area contributed by atoms with Crippen molar-refractivity contribution in [2.24, 2.45) is 0 Å². The van der Waals surface area contributed by atoms with Crippen LogP contribution in [-0.2, 0) is 4.79 Å². The lowest BCUT2D eigenvalue weighted by Gasteiger charge is -1.81. The molecular weight excluding hydrogens is 144 g/mol. The molecule has 4 nitrogen and oxygen atoms in total. The number of carboxylic acid groups (broad SMARTS) is 1. The van der Waals surface area contributed by atoms with E-state index in [0.717, 1.165) is 11.8 Å². The Bertz CT molecular complexity index is 288. The quantitative estimate of drug-likeness (QED) is 0.616. The summed E-state index contributed by atoms with van der Waals surface area (Å²) in [4.78, 5) is 16.8. The van der Waals surface area contributed by atoms with Crippen LogP contribution in [0, 0.1) is 6.92 Å². The lowest BCUT2D eigenvalue weighted by atomic mass is 10.5. The van der Waals surface area contributed by atoms with Gasteiger partial charge in [-0.2, -0.15) is 0 Å². The summed E-state index contributed by atoms with van der Waals surface area (Å²) < 4.78 is 0. The molecule has 1 aromatic heterocycles. The van der Waals surface area contributed by atoms with Gasteiger partial charge in [-0.25, -0.2) is 9.78 Å². The number of H-pyrrole nitrogens is 1. The number of rotatable bonds is 2. The van der Waals surface area contributed by atoms with Gasteiger partial charge in [0.05, 0.1) is 0 Å². The van der Waals surface area contributed by atoms with E-state index in [1.54, 1.807) is 6.20 Å². The molecule has 4 heteroatoms. The molecule has 0 aromatic carbocycles. The van der Waals surface area contributed by atoms with Crippen molar-refractivity contribution in [2.75, 3.05) is 0 Å². The van der Waals surface area contributed by atoms with E-state index in [1.165, 1.54) is 6.08 Å². The van der Waals surface area contributed by atoms with E-state index >= 15 is 0 Å². The molecule has 0 fully saturated rings. The number of nitrogens with one attached hydrogen (secondary N) is 1. The minimum atomic E-state index is -0.973. The van der Waals surface area contributed by atoms with Crippen molar-refractivity contribution in [1.82, 2.24) is 9.97 Å². The fourth-order valence-electron chi connectivity index (χ4n) is 0.668. The van der Waals surface area contributed by atoms with Crippen LogP contribution in [0.2, 0.25) is 0 Å². The van der Waals surface area contributed by atoms with Crippen LogP contribution in [0.3, 0.4) is 0 Å². The number of aryl methyl sites for hydroxylation is 1. The second-order valence-corrected chi connectivity index (χ2v) is 2.12. The standard InChI is InChI=1S/C7H8N2O2/c1-5-4-8-6(9-5)2-3-7(10)11/h2-4H,1H3,(H,8,9)(H,10,11). The Morgan fingerprint density at radius 1 is 1.82 bits per heavy atom. The maximum absolute atomic E-state index is 10.1. The van der Waals surface area contributed by atoms with Crippen molar-refractivity contribution in [3.8, 4) is 0 Å². The van der Waals surface area contributed by atoms with Gasteiger partial charge >= 0.3 is 5.97 Å². The molecule has 0 amide bonds. The lowest BCUT2D eigenvalue weighted by Crippen LogP contribution is -1.86. The molecular formula is C7H8N2O2. The summed E-state index contributed by atoms with van der Waals surface area (Å²) in [5, 5.41) is 8.25. The first kappa shape index (κ1) is 7.53. The number of carbonyl (C=O) groups is 1. The van der Waals surface area contributed by atoms with Gasteiger partial charge in [0.2, 0.25) is 0 Å². The van der Waals surface area contributed by atoms with Gasteiger partial charge in [-0.1, -0.05) is 0 Å². The normalized spacial score (nSPS) is 10.6. The van der Waals surface area contributed by atoms with Crippen molar-refractivity contribution in [3.63, 3.8) is 0 Å². The Hall–Kier alpha value is -1.58. The molecule has 0 bridgehead atoms. The van der Waals surface area contributed by atoms with Crippen LogP contribution in [0.1, 0.15) is 11.5 Å². The molecule has 1 heterocycles. The number of hydrogen-bond acceptors (Lipinski definition) is 2. The van der Waals surface area contributed by atoms with E-state index in [0.29, 0.717) is 5.82 Å². The van der Waals surface area contributed by atoms with E-state index in [1.807, 2.05) is 6.92 Å². The molecule has 0 spiro atoms. The minimum Gasteiger partial charge on any atom is -0.478 e. The summed E-state index contributed by atoms with van der Waals surface area (Å²) in [6.07, 6.45) is 4.09. The monoisotopic (exact) mass is 152 g/mol. The zero-order chi connectivity index (χ0) is 8.27. The van der Waals surface area contributed by atoms with E-state index in [-0.39, 0.29) is 0 Å². The Kier molecular flexibility index (Phi) is 2.06. The lowest BCUT2D eigenvalue weighted by molar-refractivity contribution is -0.131. The summed E-state index contributed by atoms with van der Waals surface area (Å²) in [7, 11) is 0. The maximum Gasteiger partial charge on any atom is 0.328 e. The molecule has 0 aliphatic heterocycles. The minimum absolute atomic E-state index is 0.560. The predicted molar refractivity (Wildman–Crippen MR) is 40.0 cm³/mol. The SMILES string of the molecule is Cc1cnc(C=CC(=O)O)[nH]1. The molecule has 11 heavy (non-hydrogen) atoms. The second-order valence-electron chi connectivity index (χ2n) is 2.12. The first-order valence-corrected chi connectivity index (χ1v) is 3.11. The highest BCUT2D eigenvalue weighted by Crippen LogP contribution is 1.96. The Balaban J connectivity index is 2.71. The van der Waals surface area contributed by atoms with Gasteiger partial charge in [-0.15, -0.1) is 0 Å². The van der Waals surface area contributed by atoms with Crippen LogP contribution < -0.4 is 0 Å². The van der Waals surface area contributed by atoms with Gasteiger partial charge in [0.15, 0.2) is 0 Å². The topological polar surface area (TPSA) is 66.0 Å². The van der Waals surface area contributed by atoms with Crippen molar-refractivity contribution in [1.29, 1.82) is 0 Å². The molecule has 0 atom stereocenters. The van der Waals surface area contributed by atoms with Crippen molar-refractivity contribution in [2.45, 2.75) is 6.92 Å². The summed E-state index contributed by atoms with van der Waals surface area (Å²) >= 11 is 0. The molecule has 0 aliphatic carbocycles. The highest BCUT2D eigenvalue weighted by molar-refractivity contribution is 5.84. The third-order valence-electron chi connectivity index (χ3n) is 1.11. The number of nitrogens with zero attached hydrogens (tertiary/aromatic N) is 1. The van der Waals surface area contributed by atoms with Gasteiger partial charge in [0.1, 0.15) is 5.82 Å². The van der Waals surface area contributed by atoms with Crippen LogP contribution in [0.5, 0.6) is 0 Å². The van der Waals surface area contributed by atoms with Crippen LogP contribution in [0.25, 0.3) is 6.08 Å². The first-order chi connectivity index (χ1) is 5.18. The Labute approximate surface area is 63.6 Å². The second kappa shape index (κ2) is 3.01. The van der Waals surface area contributed by atoms with E-state index < -0.39 is 5.97 Å². The molecule has 0 unspecified atom stereocenters. The largest absolute Gasteiger partial charge is 0.478 e. The molecule has 0 saturated carbocycles. The number of imidazole rings is 1. The Morgan fingerprint density at radius 2 is 2.55 bits per heavy atom. The highest BCUT2D eigenvalue weighted by Gasteiger charge is 1.91. The molecule has 1 aromatic rings. The maximum atomic E-state index is 10.1. The number of carboxylic acids is 1. The summed E-state index contributed by atoms with van der Waals surface area (Å²) in [6, 6.07) is 0. The smallest absolute Gasteiger partial charge is 0.328 e. The number of aliphatic carboxylic acids is 1. The van der Waals surface area contributed by atoms with Crippen molar-refractivity contribution >= 4 is 12.0 Å². The fourth-order valence-corrected chi connectivity index (χ4v) is 0.668. The summed E-state index contributed by atoms with van der Waals surface area (Å²) in [5.74, 6) is -0.413. The number of hydrogen-bond donors (Lipinski definition) is 2. The van der Waals surface area contributed by atoms with Gasteiger partial charge in [-0.3, -0.25) is 0 Å². The molecule has 2 N–H and O–H groups in total. The van der Waals surface area contributed by atoms with Crippen LogP contribution in [-0.4, -0.2) is 21.0 Å². The van der Waals surface area contributed by atoms with Crippen LogP contribution in [0.4, 0.5) is 0 Å².